The van der Waals surface area contributed by atoms with Crippen molar-refractivity contribution in [3.63, 3.8) is 0 Å². The molecule has 3 aromatic rings. The normalized spacial score (nSPS) is 13.5. The summed E-state index contributed by atoms with van der Waals surface area (Å²) < 4.78 is 10.4. The van der Waals surface area contributed by atoms with E-state index in [1.807, 2.05) is 31.2 Å². The number of hydrogen-bond acceptors (Lipinski definition) is 6. The van der Waals surface area contributed by atoms with E-state index in [2.05, 4.69) is 39.4 Å². The molecule has 8 heteroatoms. The van der Waals surface area contributed by atoms with Crippen molar-refractivity contribution in [2.45, 2.75) is 13.5 Å². The summed E-state index contributed by atoms with van der Waals surface area (Å²) in [6.45, 7) is 6.21. The summed E-state index contributed by atoms with van der Waals surface area (Å²) in [5.74, 6) is -0.213. The molecule has 36 heavy (non-hydrogen) atoms. The van der Waals surface area contributed by atoms with E-state index < -0.39 is 5.97 Å². The highest BCUT2D eigenvalue weighted by Gasteiger charge is 2.23. The maximum atomic E-state index is 13.3. The van der Waals surface area contributed by atoms with Gasteiger partial charge in [0.05, 0.1) is 36.7 Å². The van der Waals surface area contributed by atoms with Crippen LogP contribution in [0.1, 0.15) is 31.8 Å². The predicted molar refractivity (Wildman–Crippen MR) is 145 cm³/mol. The van der Waals surface area contributed by atoms with Crippen LogP contribution in [0.2, 0.25) is 0 Å². The van der Waals surface area contributed by atoms with E-state index in [0.29, 0.717) is 22.6 Å². The standard InChI is InChI=1S/C28H31N3O4.ClH/c1-20-8-7-11-23(26(20)34-2)27(32)29-24-18-22(28(33)35-3)12-13-25(24)31-16-14-30(15-17-31)19-21-9-5-4-6-10-21;/h4-13,18H,14-17,19H2,1-3H3,(H,29,32);1H. The van der Waals surface area contributed by atoms with Crippen molar-refractivity contribution in [1.29, 1.82) is 0 Å². The largest absolute Gasteiger partial charge is 0.496 e. The number of aryl methyl sites for hydroxylation is 1. The maximum absolute atomic E-state index is 13.3. The van der Waals surface area contributed by atoms with Crippen LogP contribution in [0.3, 0.4) is 0 Å². The summed E-state index contributed by atoms with van der Waals surface area (Å²) in [4.78, 5) is 30.1. The van der Waals surface area contributed by atoms with E-state index in [4.69, 9.17) is 9.47 Å². The lowest BCUT2D eigenvalue weighted by atomic mass is 10.1. The summed E-state index contributed by atoms with van der Waals surface area (Å²) in [6.07, 6.45) is 0. The van der Waals surface area contributed by atoms with E-state index in [9.17, 15) is 9.59 Å². The molecule has 7 nitrogen and oxygen atoms in total. The number of amides is 1. The Morgan fingerprint density at radius 3 is 2.31 bits per heavy atom. The average Bonchev–Trinajstić information content (AvgIpc) is 2.89. The molecule has 1 heterocycles. The molecule has 1 aliphatic heterocycles. The van der Waals surface area contributed by atoms with Crippen molar-refractivity contribution in [2.24, 2.45) is 0 Å². The van der Waals surface area contributed by atoms with Crippen molar-refractivity contribution in [2.75, 3.05) is 50.6 Å². The monoisotopic (exact) mass is 509 g/mol. The minimum atomic E-state index is -0.451. The highest BCUT2D eigenvalue weighted by Crippen LogP contribution is 2.31. The first-order valence-electron chi connectivity index (χ1n) is 11.7. The molecule has 0 radical (unpaired) electrons. The molecule has 0 spiro atoms. The van der Waals surface area contributed by atoms with Gasteiger partial charge in [-0.3, -0.25) is 9.69 Å². The molecule has 190 valence electrons. The van der Waals surface area contributed by atoms with Crippen LogP contribution in [-0.4, -0.2) is 57.2 Å². The Balaban J connectivity index is 0.00000361. The minimum absolute atomic E-state index is 0. The van der Waals surface area contributed by atoms with Crippen LogP contribution in [0.5, 0.6) is 5.75 Å². The van der Waals surface area contributed by atoms with Crippen molar-refractivity contribution in [1.82, 2.24) is 4.90 Å². The average molecular weight is 510 g/mol. The number of carbonyl (C=O) groups excluding carboxylic acids is 2. The first-order chi connectivity index (χ1) is 17.0. The van der Waals surface area contributed by atoms with Crippen LogP contribution < -0.4 is 15.0 Å². The van der Waals surface area contributed by atoms with Gasteiger partial charge >= 0.3 is 5.97 Å². The van der Waals surface area contributed by atoms with Crippen LogP contribution in [0.25, 0.3) is 0 Å². The van der Waals surface area contributed by atoms with E-state index in [0.717, 1.165) is 44.0 Å². The number of para-hydroxylation sites is 1. The van der Waals surface area contributed by atoms with Crippen LogP contribution in [0.4, 0.5) is 11.4 Å². The molecule has 0 aromatic heterocycles. The van der Waals surface area contributed by atoms with Crippen LogP contribution in [0, 0.1) is 6.92 Å². The molecule has 0 atom stereocenters. The topological polar surface area (TPSA) is 71.1 Å². The van der Waals surface area contributed by atoms with E-state index >= 15 is 0 Å². The molecule has 3 aromatic carbocycles. The van der Waals surface area contributed by atoms with Gasteiger partial charge in [0.1, 0.15) is 5.75 Å². The molecule has 0 unspecified atom stereocenters. The second-order valence-corrected chi connectivity index (χ2v) is 8.58. The SMILES string of the molecule is COC(=O)c1ccc(N2CCN(Cc3ccccc3)CC2)c(NC(=O)c2cccc(C)c2OC)c1.Cl. The fourth-order valence-corrected chi connectivity index (χ4v) is 4.44. The summed E-state index contributed by atoms with van der Waals surface area (Å²) in [5.41, 5.74) is 4.43. The zero-order valence-electron chi connectivity index (χ0n) is 20.8. The first kappa shape index (κ1) is 27.0. The van der Waals surface area contributed by atoms with Gasteiger partial charge in [-0.05, 0) is 42.3 Å². The highest BCUT2D eigenvalue weighted by atomic mass is 35.5. The Bertz CT molecular complexity index is 1190. The molecular weight excluding hydrogens is 478 g/mol. The second-order valence-electron chi connectivity index (χ2n) is 8.58. The second kappa shape index (κ2) is 12.4. The third kappa shape index (κ3) is 6.17. The van der Waals surface area contributed by atoms with E-state index in [-0.39, 0.29) is 18.3 Å². The van der Waals surface area contributed by atoms with E-state index in [1.54, 1.807) is 25.3 Å². The van der Waals surface area contributed by atoms with Crippen molar-refractivity contribution in [3.05, 3.63) is 89.0 Å². The van der Waals surface area contributed by atoms with Gasteiger partial charge in [0, 0.05) is 32.7 Å². The van der Waals surface area contributed by atoms with Gasteiger partial charge in [-0.1, -0.05) is 42.5 Å². The van der Waals surface area contributed by atoms with Gasteiger partial charge in [0.25, 0.3) is 5.91 Å². The Morgan fingerprint density at radius 1 is 0.917 bits per heavy atom. The van der Waals surface area contributed by atoms with Gasteiger partial charge in [-0.25, -0.2) is 4.79 Å². The number of esters is 1. The highest BCUT2D eigenvalue weighted by molar-refractivity contribution is 6.08. The summed E-state index contributed by atoms with van der Waals surface area (Å²) in [7, 11) is 2.90. The number of anilines is 2. The molecular formula is C28H32ClN3O4. The van der Waals surface area contributed by atoms with Gasteiger partial charge in [-0.15, -0.1) is 12.4 Å². The van der Waals surface area contributed by atoms with Gasteiger partial charge < -0.3 is 19.7 Å². The molecule has 1 N–H and O–H groups in total. The number of ether oxygens (including phenoxy) is 2. The number of nitrogens with one attached hydrogen (secondary N) is 1. The van der Waals surface area contributed by atoms with Gasteiger partial charge in [0.2, 0.25) is 0 Å². The molecule has 1 aliphatic rings. The zero-order valence-corrected chi connectivity index (χ0v) is 21.6. The fourth-order valence-electron chi connectivity index (χ4n) is 4.44. The third-order valence-electron chi connectivity index (χ3n) is 6.29. The number of halogens is 1. The molecule has 0 saturated carbocycles. The Hall–Kier alpha value is -3.55. The van der Waals surface area contributed by atoms with Crippen LogP contribution >= 0.6 is 12.4 Å². The molecule has 1 saturated heterocycles. The smallest absolute Gasteiger partial charge is 0.337 e. The molecule has 0 aliphatic carbocycles. The van der Waals surface area contributed by atoms with Crippen LogP contribution in [0.15, 0.2) is 66.7 Å². The lowest BCUT2D eigenvalue weighted by Gasteiger charge is -2.37. The number of piperazine rings is 1. The van der Waals surface area contributed by atoms with Gasteiger partial charge in [-0.2, -0.15) is 0 Å². The van der Waals surface area contributed by atoms with Crippen LogP contribution in [-0.2, 0) is 11.3 Å². The maximum Gasteiger partial charge on any atom is 0.337 e. The first-order valence-corrected chi connectivity index (χ1v) is 11.7. The van der Waals surface area contributed by atoms with Crippen molar-refractivity contribution < 1.29 is 19.1 Å². The zero-order chi connectivity index (χ0) is 24.8. The number of hydrogen-bond donors (Lipinski definition) is 1. The lowest BCUT2D eigenvalue weighted by Crippen LogP contribution is -2.46. The minimum Gasteiger partial charge on any atom is -0.496 e. The van der Waals surface area contributed by atoms with Crippen molar-refractivity contribution >= 4 is 35.7 Å². The quantitative estimate of drug-likeness (QED) is 0.462. The summed E-state index contributed by atoms with van der Waals surface area (Å²) in [5, 5.41) is 3.01. The Labute approximate surface area is 218 Å². The fraction of sp³-hybridized carbons (Fsp3) is 0.286. The summed E-state index contributed by atoms with van der Waals surface area (Å²) >= 11 is 0. The van der Waals surface area contributed by atoms with Gasteiger partial charge in [0.15, 0.2) is 0 Å². The molecule has 1 amide bonds. The lowest BCUT2D eigenvalue weighted by molar-refractivity contribution is 0.0600. The number of benzene rings is 3. The van der Waals surface area contributed by atoms with E-state index in [1.165, 1.54) is 12.7 Å². The number of carbonyl (C=O) groups is 2. The number of nitrogens with zero attached hydrogens (tertiary/aromatic N) is 2. The Kier molecular flexibility index (Phi) is 9.33. The Morgan fingerprint density at radius 2 is 1.64 bits per heavy atom. The number of methoxy groups -OCH3 is 2. The van der Waals surface area contributed by atoms with Crippen molar-refractivity contribution in [3.8, 4) is 5.75 Å². The summed E-state index contributed by atoms with van der Waals surface area (Å²) in [6, 6.07) is 21.2. The molecule has 4 rings (SSSR count). The third-order valence-corrected chi connectivity index (χ3v) is 6.29. The molecule has 0 bridgehead atoms. The number of rotatable bonds is 7. The predicted octanol–water partition coefficient (Wildman–Crippen LogP) is 4.79. The molecule has 1 fully saturated rings.